The number of fused-ring (bicyclic) bond motifs is 6. The Morgan fingerprint density at radius 2 is 0.722 bits per heavy atom. The summed E-state index contributed by atoms with van der Waals surface area (Å²) in [5, 5.41) is 4.91. The van der Waals surface area contributed by atoms with Gasteiger partial charge in [-0.25, -0.2) is 0 Å². The molecule has 252 valence electrons. The smallest absolute Gasteiger partial charge is 0.260 e. The summed E-state index contributed by atoms with van der Waals surface area (Å²) in [5.41, 5.74) is 11.0. The van der Waals surface area contributed by atoms with Gasteiger partial charge in [0.2, 0.25) is 0 Å². The number of anilines is 3. The van der Waals surface area contributed by atoms with Crippen LogP contribution in [0.1, 0.15) is 0 Å². The van der Waals surface area contributed by atoms with E-state index in [1.807, 2.05) is 12.1 Å². The molecule has 2 aliphatic rings. The number of para-hydroxylation sites is 2. The van der Waals surface area contributed by atoms with Gasteiger partial charge in [-0.05, 0) is 103 Å². The van der Waals surface area contributed by atoms with Gasteiger partial charge in [0.1, 0.15) is 23.0 Å². The number of hydrogen-bond donors (Lipinski definition) is 0. The van der Waals surface area contributed by atoms with Crippen LogP contribution in [0.2, 0.25) is 0 Å². The molecule has 4 heteroatoms. The van der Waals surface area contributed by atoms with Crippen molar-refractivity contribution < 1.29 is 9.47 Å². The van der Waals surface area contributed by atoms with E-state index in [0.29, 0.717) is 0 Å². The molecule has 54 heavy (non-hydrogen) atoms. The lowest BCUT2D eigenvalue weighted by Crippen LogP contribution is -2.57. The van der Waals surface area contributed by atoms with E-state index in [1.54, 1.807) is 0 Å². The molecular weight excluding hydrogens is 657 g/mol. The molecule has 9 aromatic carbocycles. The van der Waals surface area contributed by atoms with Crippen molar-refractivity contribution in [1.82, 2.24) is 0 Å². The minimum Gasteiger partial charge on any atom is -0.458 e. The predicted molar refractivity (Wildman–Crippen MR) is 225 cm³/mol. The van der Waals surface area contributed by atoms with E-state index in [0.717, 1.165) is 67.6 Å². The molecule has 0 radical (unpaired) electrons. The highest BCUT2D eigenvalue weighted by atomic mass is 16.5. The fraction of sp³-hybridized carbons (Fsp3) is 0. The molecule has 0 N–H and O–H groups in total. The number of rotatable bonds is 5. The quantitative estimate of drug-likeness (QED) is 0.168. The first-order chi connectivity index (χ1) is 26.7. The molecule has 0 unspecified atom stereocenters. The number of benzene rings is 9. The minimum atomic E-state index is -0.0979. The maximum atomic E-state index is 6.92. The number of ether oxygens (including phenoxy) is 2. The van der Waals surface area contributed by atoms with Gasteiger partial charge in [0.15, 0.2) is 0 Å². The zero-order valence-electron chi connectivity index (χ0n) is 29.3. The summed E-state index contributed by atoms with van der Waals surface area (Å²) >= 11 is 0. The second-order valence-electron chi connectivity index (χ2n) is 14.1. The third-order valence-corrected chi connectivity index (χ3v) is 10.9. The number of nitrogens with zero attached hydrogens (tertiary/aromatic N) is 1. The maximum Gasteiger partial charge on any atom is 0.260 e. The summed E-state index contributed by atoms with van der Waals surface area (Å²) in [6, 6.07) is 69.1. The Morgan fingerprint density at radius 1 is 0.315 bits per heavy atom. The van der Waals surface area contributed by atoms with Crippen LogP contribution in [0, 0.1) is 0 Å². The van der Waals surface area contributed by atoms with Crippen molar-refractivity contribution in [3.8, 4) is 45.3 Å². The third kappa shape index (κ3) is 5.07. The van der Waals surface area contributed by atoms with E-state index in [-0.39, 0.29) is 6.71 Å². The highest BCUT2D eigenvalue weighted by molar-refractivity contribution is 6.98. The van der Waals surface area contributed by atoms with Crippen LogP contribution in [-0.4, -0.2) is 6.71 Å². The summed E-state index contributed by atoms with van der Waals surface area (Å²) in [7, 11) is 0. The van der Waals surface area contributed by atoms with Crippen LogP contribution in [0.4, 0.5) is 17.1 Å². The Morgan fingerprint density at radius 3 is 1.20 bits per heavy atom. The van der Waals surface area contributed by atoms with E-state index in [4.69, 9.17) is 9.47 Å². The standard InChI is InChI=1S/C50H32BNO2/c1-3-15-41(16-4-1)52(42-17-5-2-6-18-42)43-31-48-50-49(32-43)54-47-26-24-40(38-22-20-34-12-8-10-14-36(34)28-38)30-45(47)51(50)44-29-39(23-25-46(44)53-48)37-21-19-33-11-7-9-13-35(33)27-37/h1-32H. The summed E-state index contributed by atoms with van der Waals surface area (Å²) in [6.07, 6.45) is 0. The highest BCUT2D eigenvalue weighted by Gasteiger charge is 2.41. The largest absolute Gasteiger partial charge is 0.458 e. The van der Waals surface area contributed by atoms with Gasteiger partial charge in [0.25, 0.3) is 6.71 Å². The second-order valence-corrected chi connectivity index (χ2v) is 14.1. The second kappa shape index (κ2) is 12.3. The molecule has 0 amide bonds. The lowest BCUT2D eigenvalue weighted by Gasteiger charge is -2.35. The molecule has 0 saturated carbocycles. The number of hydrogen-bond acceptors (Lipinski definition) is 3. The molecule has 11 rings (SSSR count). The van der Waals surface area contributed by atoms with Gasteiger partial charge in [-0.1, -0.05) is 133 Å². The van der Waals surface area contributed by atoms with E-state index in [2.05, 4.69) is 187 Å². The Labute approximate surface area is 314 Å². The molecule has 0 saturated heterocycles. The van der Waals surface area contributed by atoms with Gasteiger partial charge in [-0.15, -0.1) is 0 Å². The van der Waals surface area contributed by atoms with Crippen molar-refractivity contribution in [2.75, 3.05) is 4.90 Å². The molecule has 3 nitrogen and oxygen atoms in total. The first kappa shape index (κ1) is 30.6. The van der Waals surface area contributed by atoms with Crippen LogP contribution >= 0.6 is 0 Å². The Hall–Kier alpha value is -7.04. The maximum absolute atomic E-state index is 6.92. The molecule has 9 aromatic rings. The molecule has 0 atom stereocenters. The van der Waals surface area contributed by atoms with Crippen molar-refractivity contribution in [2.24, 2.45) is 0 Å². The predicted octanol–water partition coefficient (Wildman–Crippen LogP) is 11.5. The SMILES string of the molecule is c1ccc(N(c2ccccc2)c2cc3c4c(c2)Oc2ccc(-c5ccc6ccccc6c5)cc2B4c2cc(-c4ccc5ccccc5c4)ccc2O3)cc1. The molecule has 0 aliphatic carbocycles. The van der Waals surface area contributed by atoms with Crippen LogP contribution in [-0.2, 0) is 0 Å². The molecular formula is C50H32BNO2. The van der Waals surface area contributed by atoms with Crippen LogP contribution in [0.25, 0.3) is 43.8 Å². The summed E-state index contributed by atoms with van der Waals surface area (Å²) in [5.74, 6) is 3.32. The molecule has 0 aromatic heterocycles. The third-order valence-electron chi connectivity index (χ3n) is 10.9. The van der Waals surface area contributed by atoms with Crippen LogP contribution < -0.4 is 30.8 Å². The molecule has 2 aliphatic heterocycles. The molecule has 0 spiro atoms. The summed E-state index contributed by atoms with van der Waals surface area (Å²) in [6.45, 7) is -0.0979. The lowest BCUT2D eigenvalue weighted by molar-refractivity contribution is 0.465. The van der Waals surface area contributed by atoms with Crippen molar-refractivity contribution in [3.63, 3.8) is 0 Å². The fourth-order valence-electron chi connectivity index (χ4n) is 8.32. The fourth-order valence-corrected chi connectivity index (χ4v) is 8.32. The molecule has 0 fully saturated rings. The van der Waals surface area contributed by atoms with Crippen molar-refractivity contribution in [3.05, 3.63) is 194 Å². The Kier molecular flexibility index (Phi) is 6.96. The van der Waals surface area contributed by atoms with Gasteiger partial charge in [-0.2, -0.15) is 0 Å². The van der Waals surface area contributed by atoms with Crippen molar-refractivity contribution in [1.29, 1.82) is 0 Å². The van der Waals surface area contributed by atoms with E-state index >= 15 is 0 Å². The topological polar surface area (TPSA) is 21.7 Å². The summed E-state index contributed by atoms with van der Waals surface area (Å²) in [4.78, 5) is 2.26. The van der Waals surface area contributed by atoms with E-state index in [1.165, 1.54) is 32.7 Å². The van der Waals surface area contributed by atoms with E-state index in [9.17, 15) is 0 Å². The first-order valence-corrected chi connectivity index (χ1v) is 18.4. The van der Waals surface area contributed by atoms with Gasteiger partial charge in [0, 0.05) is 29.0 Å². The van der Waals surface area contributed by atoms with Gasteiger partial charge >= 0.3 is 0 Å². The van der Waals surface area contributed by atoms with Gasteiger partial charge < -0.3 is 14.4 Å². The minimum absolute atomic E-state index is 0.0979. The van der Waals surface area contributed by atoms with Crippen LogP contribution in [0.5, 0.6) is 23.0 Å². The average molecular weight is 690 g/mol. The Bertz CT molecular complexity index is 2710. The van der Waals surface area contributed by atoms with Crippen LogP contribution in [0.3, 0.4) is 0 Å². The highest BCUT2D eigenvalue weighted by Crippen LogP contribution is 2.43. The van der Waals surface area contributed by atoms with Crippen LogP contribution in [0.15, 0.2) is 194 Å². The zero-order chi connectivity index (χ0) is 35.6. The van der Waals surface area contributed by atoms with Gasteiger partial charge in [0.05, 0.1) is 5.69 Å². The Balaban J connectivity index is 1.10. The van der Waals surface area contributed by atoms with Gasteiger partial charge in [-0.3, -0.25) is 0 Å². The van der Waals surface area contributed by atoms with E-state index < -0.39 is 0 Å². The average Bonchev–Trinajstić information content (AvgIpc) is 3.23. The monoisotopic (exact) mass is 689 g/mol. The van der Waals surface area contributed by atoms with Crippen molar-refractivity contribution in [2.45, 2.75) is 0 Å². The van der Waals surface area contributed by atoms with Crippen molar-refractivity contribution >= 4 is 61.7 Å². The lowest BCUT2D eigenvalue weighted by atomic mass is 9.34. The molecule has 0 bridgehead atoms. The zero-order valence-corrected chi connectivity index (χ0v) is 29.3. The first-order valence-electron chi connectivity index (χ1n) is 18.4. The summed E-state index contributed by atoms with van der Waals surface area (Å²) < 4.78 is 13.8. The normalized spacial score (nSPS) is 12.3. The molecule has 2 heterocycles.